The molecule has 0 spiro atoms. The van der Waals surface area contributed by atoms with E-state index in [1.54, 1.807) is 11.4 Å². The largest absolute Gasteiger partial charge is 0.368 e. The Balaban J connectivity index is 2.95. The molecule has 0 aliphatic heterocycles. The van der Waals surface area contributed by atoms with Gasteiger partial charge in [0.15, 0.2) is 0 Å². The number of rotatable bonds is 5. The van der Waals surface area contributed by atoms with Gasteiger partial charge in [0.25, 0.3) is 5.91 Å². The molecule has 4 nitrogen and oxygen atoms in total. The molecule has 0 aliphatic carbocycles. The molecule has 0 aromatic carbocycles. The molecule has 0 unspecified atom stereocenters. The van der Waals surface area contributed by atoms with Gasteiger partial charge in [-0.05, 0) is 23.8 Å². The summed E-state index contributed by atoms with van der Waals surface area (Å²) in [5, 5.41) is 6.34. The standard InChI is InChI=1S/C12H18N2O2S/c1-4-12(8(2)3,11(13)16)14-10(15)9-5-6-17-7-9/h5-8H,4H2,1-3H3,(H2,13,16)(H,14,15)/t12-/m0/s1. The molecular formula is C12H18N2O2S. The topological polar surface area (TPSA) is 72.2 Å². The van der Waals surface area contributed by atoms with Gasteiger partial charge in [-0.25, -0.2) is 0 Å². The Bertz CT molecular complexity index is 401. The molecule has 1 rings (SSSR count). The first kappa shape index (κ1) is 13.7. The van der Waals surface area contributed by atoms with Crippen LogP contribution < -0.4 is 11.1 Å². The molecule has 17 heavy (non-hydrogen) atoms. The number of primary amides is 1. The molecule has 1 heterocycles. The third-order valence-electron chi connectivity index (χ3n) is 3.10. The lowest BCUT2D eigenvalue weighted by atomic mass is 9.83. The molecule has 5 heteroatoms. The van der Waals surface area contributed by atoms with E-state index in [0.29, 0.717) is 12.0 Å². The molecule has 0 radical (unpaired) electrons. The van der Waals surface area contributed by atoms with Gasteiger partial charge in [0.1, 0.15) is 5.54 Å². The number of nitrogens with two attached hydrogens (primary N) is 1. The van der Waals surface area contributed by atoms with Crippen molar-refractivity contribution in [2.24, 2.45) is 11.7 Å². The van der Waals surface area contributed by atoms with Crippen LogP contribution in [0.3, 0.4) is 0 Å². The van der Waals surface area contributed by atoms with Crippen molar-refractivity contribution >= 4 is 23.2 Å². The maximum absolute atomic E-state index is 12.0. The summed E-state index contributed by atoms with van der Waals surface area (Å²) in [6.07, 6.45) is 0.482. The molecule has 1 aromatic heterocycles. The summed E-state index contributed by atoms with van der Waals surface area (Å²) < 4.78 is 0. The molecule has 0 aliphatic rings. The fourth-order valence-corrected chi connectivity index (χ4v) is 2.47. The number of amides is 2. The van der Waals surface area contributed by atoms with Crippen LogP contribution in [0.4, 0.5) is 0 Å². The number of hydrogen-bond acceptors (Lipinski definition) is 3. The molecule has 1 atom stereocenters. The van der Waals surface area contributed by atoms with Crippen molar-refractivity contribution in [3.8, 4) is 0 Å². The van der Waals surface area contributed by atoms with Gasteiger partial charge < -0.3 is 11.1 Å². The second-order valence-electron chi connectivity index (χ2n) is 4.31. The van der Waals surface area contributed by atoms with Gasteiger partial charge in [0, 0.05) is 5.38 Å². The third kappa shape index (κ3) is 2.66. The average molecular weight is 254 g/mol. The summed E-state index contributed by atoms with van der Waals surface area (Å²) >= 11 is 1.44. The summed E-state index contributed by atoms with van der Waals surface area (Å²) in [6.45, 7) is 5.60. The van der Waals surface area contributed by atoms with Crippen LogP contribution in [0.25, 0.3) is 0 Å². The molecule has 94 valence electrons. The average Bonchev–Trinajstić information content (AvgIpc) is 2.77. The molecule has 0 bridgehead atoms. The highest BCUT2D eigenvalue weighted by Gasteiger charge is 2.39. The van der Waals surface area contributed by atoms with Crippen molar-refractivity contribution in [1.29, 1.82) is 0 Å². The van der Waals surface area contributed by atoms with Crippen molar-refractivity contribution < 1.29 is 9.59 Å². The summed E-state index contributed by atoms with van der Waals surface area (Å²) in [4.78, 5) is 23.6. The van der Waals surface area contributed by atoms with Crippen molar-refractivity contribution in [2.75, 3.05) is 0 Å². The van der Waals surface area contributed by atoms with E-state index in [1.165, 1.54) is 11.3 Å². The van der Waals surface area contributed by atoms with E-state index in [2.05, 4.69) is 5.32 Å². The van der Waals surface area contributed by atoms with Gasteiger partial charge in [0.2, 0.25) is 5.91 Å². The first-order valence-electron chi connectivity index (χ1n) is 5.58. The van der Waals surface area contributed by atoms with Crippen molar-refractivity contribution in [1.82, 2.24) is 5.32 Å². The van der Waals surface area contributed by atoms with Crippen LogP contribution in [0.1, 0.15) is 37.6 Å². The predicted molar refractivity (Wildman–Crippen MR) is 68.8 cm³/mol. The lowest BCUT2D eigenvalue weighted by Gasteiger charge is -2.34. The van der Waals surface area contributed by atoms with E-state index in [4.69, 9.17) is 5.73 Å². The highest BCUT2D eigenvalue weighted by molar-refractivity contribution is 7.08. The van der Waals surface area contributed by atoms with Gasteiger partial charge in [-0.1, -0.05) is 20.8 Å². The van der Waals surface area contributed by atoms with Gasteiger partial charge in [0.05, 0.1) is 5.56 Å². The Labute approximate surface area is 105 Å². The van der Waals surface area contributed by atoms with E-state index >= 15 is 0 Å². The smallest absolute Gasteiger partial charge is 0.252 e. The summed E-state index contributed by atoms with van der Waals surface area (Å²) in [7, 11) is 0. The van der Waals surface area contributed by atoms with E-state index < -0.39 is 11.4 Å². The minimum atomic E-state index is -0.973. The van der Waals surface area contributed by atoms with Crippen LogP contribution in [-0.4, -0.2) is 17.4 Å². The quantitative estimate of drug-likeness (QED) is 0.840. The summed E-state index contributed by atoms with van der Waals surface area (Å²) in [6, 6.07) is 1.72. The maximum Gasteiger partial charge on any atom is 0.252 e. The van der Waals surface area contributed by atoms with Crippen LogP contribution >= 0.6 is 11.3 Å². The van der Waals surface area contributed by atoms with Crippen LogP contribution in [-0.2, 0) is 4.79 Å². The fourth-order valence-electron chi connectivity index (χ4n) is 1.83. The minimum absolute atomic E-state index is 0.0485. The Morgan fingerprint density at radius 2 is 2.18 bits per heavy atom. The predicted octanol–water partition coefficient (Wildman–Crippen LogP) is 1.77. The molecule has 0 saturated heterocycles. The Morgan fingerprint density at radius 1 is 1.53 bits per heavy atom. The molecule has 3 N–H and O–H groups in total. The Kier molecular flexibility index (Phi) is 4.28. The minimum Gasteiger partial charge on any atom is -0.368 e. The lowest BCUT2D eigenvalue weighted by Crippen LogP contribution is -2.60. The highest BCUT2D eigenvalue weighted by Crippen LogP contribution is 2.22. The van der Waals surface area contributed by atoms with E-state index in [1.807, 2.05) is 26.2 Å². The number of carbonyl (C=O) groups is 2. The number of hydrogen-bond donors (Lipinski definition) is 2. The second kappa shape index (κ2) is 5.31. The molecule has 0 fully saturated rings. The normalized spacial score (nSPS) is 14.4. The Morgan fingerprint density at radius 3 is 2.53 bits per heavy atom. The molecule has 2 amide bonds. The first-order valence-corrected chi connectivity index (χ1v) is 6.53. The molecular weight excluding hydrogens is 236 g/mol. The number of nitrogens with one attached hydrogen (secondary N) is 1. The summed E-state index contributed by atoms with van der Waals surface area (Å²) in [5.74, 6) is -0.785. The second-order valence-corrected chi connectivity index (χ2v) is 5.09. The zero-order valence-electron chi connectivity index (χ0n) is 10.3. The van der Waals surface area contributed by atoms with Crippen LogP contribution in [0.15, 0.2) is 16.8 Å². The maximum atomic E-state index is 12.0. The van der Waals surface area contributed by atoms with E-state index in [9.17, 15) is 9.59 Å². The first-order chi connectivity index (χ1) is 7.94. The monoisotopic (exact) mass is 254 g/mol. The van der Waals surface area contributed by atoms with Gasteiger partial charge >= 0.3 is 0 Å². The summed E-state index contributed by atoms with van der Waals surface area (Å²) in [5.41, 5.74) is 5.03. The van der Waals surface area contributed by atoms with Crippen LogP contribution in [0, 0.1) is 5.92 Å². The zero-order chi connectivity index (χ0) is 13.1. The number of carbonyl (C=O) groups excluding carboxylic acids is 2. The lowest BCUT2D eigenvalue weighted by molar-refractivity contribution is -0.126. The Hall–Kier alpha value is -1.36. The zero-order valence-corrected chi connectivity index (χ0v) is 11.1. The van der Waals surface area contributed by atoms with Crippen molar-refractivity contribution in [2.45, 2.75) is 32.7 Å². The van der Waals surface area contributed by atoms with Gasteiger partial charge in [-0.3, -0.25) is 9.59 Å². The SMILES string of the molecule is CC[C@@](NC(=O)c1ccsc1)(C(N)=O)C(C)C. The van der Waals surface area contributed by atoms with Crippen molar-refractivity contribution in [3.63, 3.8) is 0 Å². The fraction of sp³-hybridized carbons (Fsp3) is 0.500. The van der Waals surface area contributed by atoms with Crippen molar-refractivity contribution in [3.05, 3.63) is 22.4 Å². The van der Waals surface area contributed by atoms with Gasteiger partial charge in [-0.2, -0.15) is 11.3 Å². The van der Waals surface area contributed by atoms with Crippen LogP contribution in [0.5, 0.6) is 0 Å². The molecule has 1 aromatic rings. The van der Waals surface area contributed by atoms with E-state index in [-0.39, 0.29) is 11.8 Å². The van der Waals surface area contributed by atoms with Crippen LogP contribution in [0.2, 0.25) is 0 Å². The van der Waals surface area contributed by atoms with Gasteiger partial charge in [-0.15, -0.1) is 0 Å². The highest BCUT2D eigenvalue weighted by atomic mass is 32.1. The van der Waals surface area contributed by atoms with E-state index in [0.717, 1.165) is 0 Å². The number of thiophene rings is 1. The third-order valence-corrected chi connectivity index (χ3v) is 3.79. The molecule has 0 saturated carbocycles.